The zero-order chi connectivity index (χ0) is 21.5. The molecule has 4 atom stereocenters. The fraction of sp³-hybridized carbons (Fsp3) is 0.591. The van der Waals surface area contributed by atoms with Crippen LogP contribution in [0.25, 0.3) is 0 Å². The molecule has 0 aromatic heterocycles. The lowest BCUT2D eigenvalue weighted by Crippen LogP contribution is -2.58. The molecule has 2 fully saturated rings. The number of hydrogen-bond acceptors (Lipinski definition) is 5. The zero-order valence-electron chi connectivity index (χ0n) is 17.6. The largest absolute Gasteiger partial charge is 0.393 e. The number of carbonyl (C=O) groups is 3. The molecule has 0 radical (unpaired) electrons. The Labute approximate surface area is 176 Å². The Kier molecular flexibility index (Phi) is 5.44. The molecule has 1 spiro atoms. The molecular weight excluding hydrogens is 384 g/mol. The summed E-state index contributed by atoms with van der Waals surface area (Å²) in [6, 6.07) is 6.78. The van der Waals surface area contributed by atoms with E-state index in [9.17, 15) is 19.5 Å². The van der Waals surface area contributed by atoms with Crippen LogP contribution in [0.5, 0.6) is 0 Å². The fourth-order valence-electron chi connectivity index (χ4n) is 4.78. The summed E-state index contributed by atoms with van der Waals surface area (Å²) >= 11 is 0. The van der Waals surface area contributed by atoms with Gasteiger partial charge in [0.1, 0.15) is 11.7 Å². The third-order valence-corrected chi connectivity index (χ3v) is 6.76. The molecule has 4 rings (SSSR count). The first-order valence-electron chi connectivity index (χ1n) is 10.8. The van der Waals surface area contributed by atoms with Crippen molar-refractivity contribution in [2.75, 3.05) is 25.0 Å². The minimum Gasteiger partial charge on any atom is -0.393 e. The molecule has 0 unspecified atom stereocenters. The van der Waals surface area contributed by atoms with Crippen LogP contribution in [0, 0.1) is 5.92 Å². The number of hydrogen-bond donors (Lipinski definition) is 3. The number of para-hydroxylation sites is 1. The lowest BCUT2D eigenvalue weighted by atomic mass is 9.95. The normalized spacial score (nSPS) is 30.2. The Morgan fingerprint density at radius 3 is 2.73 bits per heavy atom. The van der Waals surface area contributed by atoms with Crippen LogP contribution in [0.2, 0.25) is 0 Å². The maximum atomic E-state index is 13.1. The SMILES string of the molecule is C[C@@H]1CN(C(=O)[C@H](C)N2CC[C@@]3(CCC2=O)NC(=O)c2ccccc2N3)CC[C@@H]1O. The van der Waals surface area contributed by atoms with Crippen LogP contribution in [-0.2, 0) is 9.59 Å². The van der Waals surface area contributed by atoms with E-state index in [2.05, 4.69) is 10.6 Å². The van der Waals surface area contributed by atoms with Crippen molar-refractivity contribution in [2.45, 2.75) is 57.3 Å². The quantitative estimate of drug-likeness (QED) is 0.674. The van der Waals surface area contributed by atoms with E-state index in [0.717, 1.165) is 5.69 Å². The third-order valence-electron chi connectivity index (χ3n) is 6.76. The van der Waals surface area contributed by atoms with Gasteiger partial charge in [0.25, 0.3) is 5.91 Å². The number of aliphatic hydroxyl groups is 1. The van der Waals surface area contributed by atoms with Gasteiger partial charge in [-0.1, -0.05) is 19.1 Å². The van der Waals surface area contributed by atoms with Crippen molar-refractivity contribution in [3.05, 3.63) is 29.8 Å². The van der Waals surface area contributed by atoms with Crippen LogP contribution in [-0.4, -0.2) is 70.1 Å². The van der Waals surface area contributed by atoms with E-state index >= 15 is 0 Å². The molecule has 3 aliphatic rings. The topological polar surface area (TPSA) is 102 Å². The molecule has 162 valence electrons. The van der Waals surface area contributed by atoms with E-state index in [1.54, 1.807) is 22.8 Å². The Morgan fingerprint density at radius 2 is 1.97 bits per heavy atom. The van der Waals surface area contributed by atoms with E-state index < -0.39 is 11.7 Å². The van der Waals surface area contributed by atoms with Crippen LogP contribution in [0.4, 0.5) is 5.69 Å². The maximum absolute atomic E-state index is 13.1. The third kappa shape index (κ3) is 3.76. The van der Waals surface area contributed by atoms with Gasteiger partial charge >= 0.3 is 0 Å². The number of fused-ring (bicyclic) bond motifs is 1. The first kappa shape index (κ1) is 20.7. The lowest BCUT2D eigenvalue weighted by Gasteiger charge is -2.40. The van der Waals surface area contributed by atoms with E-state index in [4.69, 9.17) is 0 Å². The van der Waals surface area contributed by atoms with Gasteiger partial charge in [0, 0.05) is 38.2 Å². The Balaban J connectivity index is 1.47. The molecular formula is C22H30N4O4. The van der Waals surface area contributed by atoms with E-state index in [1.807, 2.05) is 25.1 Å². The highest BCUT2D eigenvalue weighted by Gasteiger charge is 2.42. The van der Waals surface area contributed by atoms with Crippen molar-refractivity contribution in [1.29, 1.82) is 0 Å². The Hall–Kier alpha value is -2.61. The van der Waals surface area contributed by atoms with Crippen LogP contribution in [0.15, 0.2) is 24.3 Å². The van der Waals surface area contributed by atoms with Crippen molar-refractivity contribution in [3.63, 3.8) is 0 Å². The summed E-state index contributed by atoms with van der Waals surface area (Å²) in [5, 5.41) is 16.4. The average molecular weight is 415 g/mol. The molecule has 2 saturated heterocycles. The number of nitrogens with zero attached hydrogens (tertiary/aromatic N) is 2. The number of piperidine rings is 1. The van der Waals surface area contributed by atoms with Crippen LogP contribution < -0.4 is 10.6 Å². The summed E-state index contributed by atoms with van der Waals surface area (Å²) in [6.07, 6.45) is 1.42. The maximum Gasteiger partial charge on any atom is 0.255 e. The first-order chi connectivity index (χ1) is 14.3. The molecule has 1 aromatic carbocycles. The smallest absolute Gasteiger partial charge is 0.255 e. The number of rotatable bonds is 2. The van der Waals surface area contributed by atoms with E-state index in [1.165, 1.54) is 0 Å². The van der Waals surface area contributed by atoms with Crippen molar-refractivity contribution in [1.82, 2.24) is 15.1 Å². The molecule has 30 heavy (non-hydrogen) atoms. The number of anilines is 1. The number of benzene rings is 1. The second-order valence-electron chi connectivity index (χ2n) is 8.84. The van der Waals surface area contributed by atoms with Crippen LogP contribution in [0.3, 0.4) is 0 Å². The van der Waals surface area contributed by atoms with Crippen LogP contribution >= 0.6 is 0 Å². The number of nitrogens with one attached hydrogen (secondary N) is 2. The predicted octanol–water partition coefficient (Wildman–Crippen LogP) is 1.17. The molecule has 0 aliphatic carbocycles. The average Bonchev–Trinajstić information content (AvgIpc) is 2.88. The molecule has 8 nitrogen and oxygen atoms in total. The van der Waals surface area contributed by atoms with Crippen molar-refractivity contribution in [2.24, 2.45) is 5.92 Å². The first-order valence-corrected chi connectivity index (χ1v) is 10.8. The second-order valence-corrected chi connectivity index (χ2v) is 8.84. The van der Waals surface area contributed by atoms with Gasteiger partial charge in [-0.05, 0) is 37.8 Å². The number of carbonyl (C=O) groups excluding carboxylic acids is 3. The Morgan fingerprint density at radius 1 is 1.20 bits per heavy atom. The molecule has 3 amide bonds. The summed E-state index contributed by atoms with van der Waals surface area (Å²) < 4.78 is 0. The van der Waals surface area contributed by atoms with Gasteiger partial charge in [-0.15, -0.1) is 0 Å². The highest BCUT2D eigenvalue weighted by Crippen LogP contribution is 2.32. The minimum atomic E-state index is -0.692. The molecule has 3 heterocycles. The standard InChI is InChI=1S/C22H30N4O4/c1-14-13-25(11-8-18(14)27)21(30)15(2)26-12-10-22(9-7-19(26)28)23-17-6-4-3-5-16(17)20(29)24-22/h3-6,14-15,18,23,27H,7-13H2,1-2H3,(H,24,29)/t14-,15+,18+,22-/m1/s1. The van der Waals surface area contributed by atoms with E-state index in [-0.39, 0.29) is 36.2 Å². The number of likely N-dealkylation sites (tertiary alicyclic amines) is 2. The molecule has 3 N–H and O–H groups in total. The van der Waals surface area contributed by atoms with Gasteiger partial charge in [0.15, 0.2) is 0 Å². The molecule has 8 heteroatoms. The van der Waals surface area contributed by atoms with Gasteiger partial charge in [-0.25, -0.2) is 0 Å². The van der Waals surface area contributed by atoms with Crippen molar-refractivity contribution >= 4 is 23.4 Å². The molecule has 0 saturated carbocycles. The Bertz CT molecular complexity index is 859. The molecule has 3 aliphatic heterocycles. The van der Waals surface area contributed by atoms with Gasteiger partial charge in [0.2, 0.25) is 11.8 Å². The number of aliphatic hydroxyl groups excluding tert-OH is 1. The van der Waals surface area contributed by atoms with Crippen molar-refractivity contribution < 1.29 is 19.5 Å². The summed E-state index contributed by atoms with van der Waals surface area (Å²) in [6.45, 7) is 5.11. The summed E-state index contributed by atoms with van der Waals surface area (Å²) in [5.74, 6) is -0.272. The van der Waals surface area contributed by atoms with Gasteiger partial charge in [0.05, 0.1) is 11.7 Å². The van der Waals surface area contributed by atoms with Gasteiger partial charge in [-0.3, -0.25) is 14.4 Å². The van der Waals surface area contributed by atoms with E-state index in [0.29, 0.717) is 44.5 Å². The lowest BCUT2D eigenvalue weighted by molar-refractivity contribution is -0.147. The van der Waals surface area contributed by atoms with Gasteiger partial charge in [-0.2, -0.15) is 0 Å². The number of amides is 3. The van der Waals surface area contributed by atoms with Crippen LogP contribution in [0.1, 0.15) is 49.9 Å². The second kappa shape index (κ2) is 7.91. The summed E-state index contributed by atoms with van der Waals surface area (Å²) in [7, 11) is 0. The highest BCUT2D eigenvalue weighted by atomic mass is 16.3. The fourth-order valence-corrected chi connectivity index (χ4v) is 4.78. The summed E-state index contributed by atoms with van der Waals surface area (Å²) in [4.78, 5) is 41.9. The van der Waals surface area contributed by atoms with Gasteiger partial charge < -0.3 is 25.5 Å². The minimum absolute atomic E-state index is 0.0275. The highest BCUT2D eigenvalue weighted by molar-refractivity contribution is 6.02. The summed E-state index contributed by atoms with van der Waals surface area (Å²) in [5.41, 5.74) is 0.676. The van der Waals surface area contributed by atoms with Crippen molar-refractivity contribution in [3.8, 4) is 0 Å². The molecule has 0 bridgehead atoms. The molecule has 1 aromatic rings. The zero-order valence-corrected chi connectivity index (χ0v) is 17.6. The monoisotopic (exact) mass is 414 g/mol. The predicted molar refractivity (Wildman–Crippen MR) is 112 cm³/mol.